The van der Waals surface area contributed by atoms with Gasteiger partial charge in [0.25, 0.3) is 0 Å². The summed E-state index contributed by atoms with van der Waals surface area (Å²) in [6, 6.07) is 4.25. The summed E-state index contributed by atoms with van der Waals surface area (Å²) in [5, 5.41) is 6.96. The minimum atomic E-state index is -1.43. The maximum Gasteiger partial charge on any atom is 0.192 e. The molecule has 0 amide bonds. The van der Waals surface area contributed by atoms with Crippen molar-refractivity contribution in [3.8, 4) is 0 Å². The van der Waals surface area contributed by atoms with Gasteiger partial charge in [-0.25, -0.2) is 0 Å². The van der Waals surface area contributed by atoms with Crippen LogP contribution in [0, 0.1) is 0 Å². The number of hydrogen-bond donors (Lipinski definition) is 2. The normalized spacial score (nSPS) is 26.2. The Kier molecular flexibility index (Phi) is 5.96. The molecule has 1 rings (SSSR count). The number of nitrogens with one attached hydrogen (secondary N) is 2. The van der Waals surface area contributed by atoms with E-state index in [4.69, 9.17) is 4.43 Å². The van der Waals surface area contributed by atoms with Crippen LogP contribution < -0.4 is 10.6 Å². The van der Waals surface area contributed by atoms with Crippen molar-refractivity contribution in [1.82, 2.24) is 10.6 Å². The molecule has 0 bridgehead atoms. The standard InChI is InChI=1S/C12H28N2OSi/c1-5-14-11-9-13-10-12(11)15-16(6-2,7-3)8-4/h11-14H,5-10H2,1-4H3/t11-,12-/m1/s1. The first-order chi connectivity index (χ1) is 7.71. The van der Waals surface area contributed by atoms with Crippen LogP contribution in [0.2, 0.25) is 18.1 Å². The van der Waals surface area contributed by atoms with Gasteiger partial charge < -0.3 is 15.1 Å². The fourth-order valence-electron chi connectivity index (χ4n) is 2.57. The highest BCUT2D eigenvalue weighted by atomic mass is 28.4. The summed E-state index contributed by atoms with van der Waals surface area (Å²) in [7, 11) is -1.43. The van der Waals surface area contributed by atoms with E-state index in [9.17, 15) is 0 Å². The summed E-state index contributed by atoms with van der Waals surface area (Å²) in [5.74, 6) is 0. The van der Waals surface area contributed by atoms with E-state index in [0.717, 1.165) is 19.6 Å². The summed E-state index contributed by atoms with van der Waals surface area (Å²) >= 11 is 0. The Balaban J connectivity index is 2.56. The van der Waals surface area contributed by atoms with Gasteiger partial charge in [-0.1, -0.05) is 27.7 Å². The summed E-state index contributed by atoms with van der Waals surface area (Å²) in [5.41, 5.74) is 0. The molecule has 16 heavy (non-hydrogen) atoms. The molecule has 1 aliphatic rings. The van der Waals surface area contributed by atoms with Gasteiger partial charge in [0.1, 0.15) is 0 Å². The van der Waals surface area contributed by atoms with Gasteiger partial charge in [-0.15, -0.1) is 0 Å². The van der Waals surface area contributed by atoms with Gasteiger partial charge in [0, 0.05) is 19.1 Å². The van der Waals surface area contributed by atoms with Gasteiger partial charge in [-0.3, -0.25) is 0 Å². The van der Waals surface area contributed by atoms with Crippen LogP contribution in [0.4, 0.5) is 0 Å². The van der Waals surface area contributed by atoms with E-state index in [1.54, 1.807) is 0 Å². The van der Waals surface area contributed by atoms with Crippen molar-refractivity contribution in [2.75, 3.05) is 19.6 Å². The highest BCUT2D eigenvalue weighted by Gasteiger charge is 2.36. The average Bonchev–Trinajstić information content (AvgIpc) is 2.74. The van der Waals surface area contributed by atoms with Crippen LogP contribution in [-0.2, 0) is 4.43 Å². The summed E-state index contributed by atoms with van der Waals surface area (Å²) in [4.78, 5) is 0. The lowest BCUT2D eigenvalue weighted by molar-refractivity contribution is 0.175. The second-order valence-corrected chi connectivity index (χ2v) is 9.45. The molecule has 0 aromatic carbocycles. The molecule has 1 saturated heterocycles. The molecule has 0 aromatic heterocycles. The highest BCUT2D eigenvalue weighted by Crippen LogP contribution is 2.25. The molecule has 0 spiro atoms. The number of likely N-dealkylation sites (N-methyl/N-ethyl adjacent to an activating group) is 1. The lowest BCUT2D eigenvalue weighted by Crippen LogP contribution is -2.48. The first-order valence-corrected chi connectivity index (χ1v) is 9.36. The van der Waals surface area contributed by atoms with Crippen molar-refractivity contribution in [2.24, 2.45) is 0 Å². The van der Waals surface area contributed by atoms with Crippen molar-refractivity contribution in [1.29, 1.82) is 0 Å². The van der Waals surface area contributed by atoms with Gasteiger partial charge in [0.05, 0.1) is 6.10 Å². The van der Waals surface area contributed by atoms with Crippen molar-refractivity contribution < 1.29 is 4.43 Å². The van der Waals surface area contributed by atoms with E-state index in [2.05, 4.69) is 38.3 Å². The zero-order chi connectivity index (χ0) is 12.0. The minimum Gasteiger partial charge on any atom is -0.411 e. The van der Waals surface area contributed by atoms with Crippen molar-refractivity contribution in [3.05, 3.63) is 0 Å². The average molecular weight is 244 g/mol. The van der Waals surface area contributed by atoms with E-state index in [0.29, 0.717) is 12.1 Å². The van der Waals surface area contributed by atoms with E-state index in [-0.39, 0.29) is 0 Å². The molecule has 3 nitrogen and oxygen atoms in total. The first kappa shape index (κ1) is 14.2. The zero-order valence-corrected chi connectivity index (χ0v) is 12.3. The molecule has 1 heterocycles. The summed E-state index contributed by atoms with van der Waals surface area (Å²) in [6.45, 7) is 12.2. The molecule has 96 valence electrons. The molecule has 0 aromatic rings. The summed E-state index contributed by atoms with van der Waals surface area (Å²) in [6.07, 6.45) is 0.395. The minimum absolute atomic E-state index is 0.395. The van der Waals surface area contributed by atoms with Crippen LogP contribution in [0.3, 0.4) is 0 Å². The van der Waals surface area contributed by atoms with Crippen LogP contribution >= 0.6 is 0 Å². The fourth-order valence-corrected chi connectivity index (χ4v) is 5.46. The van der Waals surface area contributed by atoms with Crippen LogP contribution in [-0.4, -0.2) is 40.1 Å². The SMILES string of the molecule is CCN[C@@H]1CNC[C@H]1O[Si](CC)(CC)CC. The van der Waals surface area contributed by atoms with E-state index < -0.39 is 8.32 Å². The highest BCUT2D eigenvalue weighted by molar-refractivity contribution is 6.73. The second-order valence-electron chi connectivity index (χ2n) is 4.72. The van der Waals surface area contributed by atoms with Crippen LogP contribution in [0.25, 0.3) is 0 Å². The van der Waals surface area contributed by atoms with Crippen LogP contribution in [0.15, 0.2) is 0 Å². The van der Waals surface area contributed by atoms with E-state index in [1.807, 2.05) is 0 Å². The molecule has 0 unspecified atom stereocenters. The monoisotopic (exact) mass is 244 g/mol. The molecule has 0 radical (unpaired) electrons. The molecule has 0 saturated carbocycles. The zero-order valence-electron chi connectivity index (χ0n) is 11.3. The molecule has 2 N–H and O–H groups in total. The Morgan fingerprint density at radius 3 is 2.25 bits per heavy atom. The fraction of sp³-hybridized carbons (Fsp3) is 1.00. The van der Waals surface area contributed by atoms with Crippen LogP contribution in [0.5, 0.6) is 0 Å². The number of hydrogen-bond acceptors (Lipinski definition) is 3. The van der Waals surface area contributed by atoms with Gasteiger partial charge in [-0.05, 0) is 24.7 Å². The lowest BCUT2D eigenvalue weighted by Gasteiger charge is -2.33. The van der Waals surface area contributed by atoms with E-state index in [1.165, 1.54) is 18.1 Å². The first-order valence-electron chi connectivity index (χ1n) is 6.83. The van der Waals surface area contributed by atoms with Crippen LogP contribution in [0.1, 0.15) is 27.7 Å². The maximum absolute atomic E-state index is 6.53. The molecule has 1 fully saturated rings. The van der Waals surface area contributed by atoms with Gasteiger partial charge in [0.2, 0.25) is 0 Å². The predicted molar refractivity (Wildman–Crippen MR) is 72.4 cm³/mol. The largest absolute Gasteiger partial charge is 0.411 e. The third-order valence-corrected chi connectivity index (χ3v) is 8.63. The Hall–Kier alpha value is 0.0969. The lowest BCUT2D eigenvalue weighted by atomic mass is 10.2. The van der Waals surface area contributed by atoms with Crippen molar-refractivity contribution >= 4 is 8.32 Å². The third kappa shape index (κ3) is 3.29. The van der Waals surface area contributed by atoms with Gasteiger partial charge in [-0.2, -0.15) is 0 Å². The van der Waals surface area contributed by atoms with Gasteiger partial charge in [0.15, 0.2) is 8.32 Å². The van der Waals surface area contributed by atoms with Gasteiger partial charge >= 0.3 is 0 Å². The Labute approximate surface area is 101 Å². The molecule has 0 aliphatic carbocycles. The van der Waals surface area contributed by atoms with Crippen molar-refractivity contribution in [3.63, 3.8) is 0 Å². The molecular formula is C12H28N2OSi. The molecular weight excluding hydrogens is 216 g/mol. The predicted octanol–water partition coefficient (Wildman–Crippen LogP) is 1.96. The molecule has 2 atom stereocenters. The third-order valence-electron chi connectivity index (χ3n) is 3.96. The topological polar surface area (TPSA) is 33.3 Å². The smallest absolute Gasteiger partial charge is 0.192 e. The maximum atomic E-state index is 6.53. The molecule has 1 aliphatic heterocycles. The number of rotatable bonds is 7. The quantitative estimate of drug-likeness (QED) is 0.672. The molecule has 4 heteroatoms. The Bertz CT molecular complexity index is 189. The Morgan fingerprint density at radius 1 is 1.12 bits per heavy atom. The van der Waals surface area contributed by atoms with E-state index >= 15 is 0 Å². The van der Waals surface area contributed by atoms with Crippen molar-refractivity contribution in [2.45, 2.75) is 58.0 Å². The summed E-state index contributed by atoms with van der Waals surface area (Å²) < 4.78 is 6.53. The second kappa shape index (κ2) is 6.74. The Morgan fingerprint density at radius 2 is 1.75 bits per heavy atom.